The van der Waals surface area contributed by atoms with E-state index < -0.39 is 0 Å². The highest BCUT2D eigenvalue weighted by Gasteiger charge is 2.10. The number of hydrogen-bond acceptors (Lipinski definition) is 4. The summed E-state index contributed by atoms with van der Waals surface area (Å²) in [4.78, 5) is 16.6. The van der Waals surface area contributed by atoms with E-state index in [-0.39, 0.29) is 11.7 Å². The van der Waals surface area contributed by atoms with Crippen molar-refractivity contribution in [2.75, 3.05) is 11.6 Å². The second-order valence-electron chi connectivity index (χ2n) is 4.72. The SMILES string of the molecule is CSCc1cccc(C(=O)Nc2nc3ccc(F)cc3s2)c1. The van der Waals surface area contributed by atoms with Crippen LogP contribution in [0, 0.1) is 5.82 Å². The van der Waals surface area contributed by atoms with Crippen molar-refractivity contribution in [3.05, 3.63) is 59.4 Å². The van der Waals surface area contributed by atoms with Crippen molar-refractivity contribution in [2.24, 2.45) is 0 Å². The lowest BCUT2D eigenvalue weighted by Gasteiger charge is -2.04. The molecule has 0 unspecified atom stereocenters. The van der Waals surface area contributed by atoms with Crippen LogP contribution in [-0.4, -0.2) is 17.1 Å². The number of benzene rings is 2. The summed E-state index contributed by atoms with van der Waals surface area (Å²) in [5.41, 5.74) is 2.38. The summed E-state index contributed by atoms with van der Waals surface area (Å²) in [6.45, 7) is 0. The van der Waals surface area contributed by atoms with Gasteiger partial charge < -0.3 is 0 Å². The smallest absolute Gasteiger partial charge is 0.257 e. The summed E-state index contributed by atoms with van der Waals surface area (Å²) in [5.74, 6) is 0.350. The first-order chi connectivity index (χ1) is 10.7. The predicted molar refractivity (Wildman–Crippen MR) is 91.2 cm³/mol. The molecule has 0 aliphatic carbocycles. The minimum atomic E-state index is -0.307. The summed E-state index contributed by atoms with van der Waals surface area (Å²) in [6.07, 6.45) is 2.02. The Morgan fingerprint density at radius 1 is 1.32 bits per heavy atom. The molecule has 0 saturated heterocycles. The molecule has 1 N–H and O–H groups in total. The Morgan fingerprint density at radius 3 is 3.00 bits per heavy atom. The topological polar surface area (TPSA) is 42.0 Å². The van der Waals surface area contributed by atoms with Gasteiger partial charge in [-0.1, -0.05) is 23.5 Å². The van der Waals surface area contributed by atoms with E-state index >= 15 is 0 Å². The Kier molecular flexibility index (Phi) is 4.40. The lowest BCUT2D eigenvalue weighted by atomic mass is 10.1. The van der Waals surface area contributed by atoms with E-state index in [0.29, 0.717) is 20.9 Å². The summed E-state index contributed by atoms with van der Waals surface area (Å²) < 4.78 is 13.9. The van der Waals surface area contributed by atoms with Crippen LogP contribution in [0.25, 0.3) is 10.2 Å². The minimum Gasteiger partial charge on any atom is -0.298 e. The van der Waals surface area contributed by atoms with Crippen LogP contribution < -0.4 is 5.32 Å². The number of hydrogen-bond donors (Lipinski definition) is 1. The molecule has 112 valence electrons. The van der Waals surface area contributed by atoms with E-state index in [1.54, 1.807) is 23.9 Å². The molecule has 0 atom stereocenters. The fourth-order valence-corrected chi connectivity index (χ4v) is 3.49. The summed E-state index contributed by atoms with van der Waals surface area (Å²) >= 11 is 2.97. The van der Waals surface area contributed by atoms with Crippen LogP contribution in [0.5, 0.6) is 0 Å². The number of amides is 1. The zero-order chi connectivity index (χ0) is 15.5. The van der Waals surface area contributed by atoms with Gasteiger partial charge in [-0.25, -0.2) is 9.37 Å². The molecule has 3 rings (SSSR count). The number of aromatic nitrogens is 1. The van der Waals surface area contributed by atoms with E-state index in [1.807, 2.05) is 24.5 Å². The minimum absolute atomic E-state index is 0.206. The first-order valence-corrected chi connectivity index (χ1v) is 8.82. The van der Waals surface area contributed by atoms with Gasteiger partial charge in [-0.05, 0) is 42.2 Å². The van der Waals surface area contributed by atoms with E-state index in [1.165, 1.54) is 23.5 Å². The van der Waals surface area contributed by atoms with Gasteiger partial charge in [0.25, 0.3) is 5.91 Å². The summed E-state index contributed by atoms with van der Waals surface area (Å²) in [7, 11) is 0. The third-order valence-corrected chi connectivity index (χ3v) is 4.63. The number of nitrogens with zero attached hydrogens (tertiary/aromatic N) is 1. The molecule has 3 aromatic rings. The van der Waals surface area contributed by atoms with E-state index in [4.69, 9.17) is 0 Å². The van der Waals surface area contributed by atoms with Crippen LogP contribution in [0.3, 0.4) is 0 Å². The number of rotatable bonds is 4. The van der Waals surface area contributed by atoms with Gasteiger partial charge in [0, 0.05) is 11.3 Å². The summed E-state index contributed by atoms with van der Waals surface area (Å²) in [5, 5.41) is 3.25. The Hall–Kier alpha value is -1.92. The first kappa shape index (κ1) is 15.0. The van der Waals surface area contributed by atoms with Gasteiger partial charge in [0.05, 0.1) is 10.2 Å². The van der Waals surface area contributed by atoms with Crippen molar-refractivity contribution in [1.29, 1.82) is 0 Å². The third-order valence-electron chi connectivity index (χ3n) is 3.07. The van der Waals surface area contributed by atoms with Crippen molar-refractivity contribution in [3.63, 3.8) is 0 Å². The lowest BCUT2D eigenvalue weighted by Crippen LogP contribution is -2.11. The van der Waals surface area contributed by atoms with Crippen LogP contribution in [-0.2, 0) is 5.75 Å². The quantitative estimate of drug-likeness (QED) is 0.762. The molecule has 22 heavy (non-hydrogen) atoms. The van der Waals surface area contributed by atoms with Crippen molar-refractivity contribution in [3.8, 4) is 0 Å². The second kappa shape index (κ2) is 6.46. The molecule has 1 aromatic heterocycles. The Labute approximate surface area is 135 Å². The van der Waals surface area contributed by atoms with Gasteiger partial charge >= 0.3 is 0 Å². The van der Waals surface area contributed by atoms with Crippen molar-refractivity contribution in [2.45, 2.75) is 5.75 Å². The Morgan fingerprint density at radius 2 is 2.18 bits per heavy atom. The molecule has 0 spiro atoms. The first-order valence-electron chi connectivity index (χ1n) is 6.61. The molecular weight excluding hydrogens is 319 g/mol. The average Bonchev–Trinajstić information content (AvgIpc) is 2.89. The van der Waals surface area contributed by atoms with Crippen molar-refractivity contribution >= 4 is 44.4 Å². The maximum Gasteiger partial charge on any atom is 0.257 e. The molecule has 0 radical (unpaired) electrons. The molecule has 1 heterocycles. The molecule has 0 fully saturated rings. The average molecular weight is 332 g/mol. The van der Waals surface area contributed by atoms with E-state index in [0.717, 1.165) is 11.3 Å². The maximum atomic E-state index is 13.2. The zero-order valence-corrected chi connectivity index (χ0v) is 13.4. The van der Waals surface area contributed by atoms with E-state index in [2.05, 4.69) is 10.3 Å². The largest absolute Gasteiger partial charge is 0.298 e. The Bertz CT molecular complexity index is 832. The number of carbonyl (C=O) groups excluding carboxylic acids is 1. The van der Waals surface area contributed by atoms with Crippen LogP contribution in [0.2, 0.25) is 0 Å². The third kappa shape index (κ3) is 3.28. The zero-order valence-electron chi connectivity index (χ0n) is 11.8. The molecule has 6 heteroatoms. The highest BCUT2D eigenvalue weighted by atomic mass is 32.2. The molecule has 2 aromatic carbocycles. The Balaban J connectivity index is 1.81. The number of halogens is 1. The second-order valence-corrected chi connectivity index (χ2v) is 6.62. The molecular formula is C16H13FN2OS2. The predicted octanol–water partition coefficient (Wildman–Crippen LogP) is 4.55. The number of thioether (sulfide) groups is 1. The van der Waals surface area contributed by atoms with Gasteiger partial charge in [-0.3, -0.25) is 10.1 Å². The fourth-order valence-electron chi connectivity index (χ4n) is 2.09. The highest BCUT2D eigenvalue weighted by molar-refractivity contribution is 7.97. The molecule has 1 amide bonds. The van der Waals surface area contributed by atoms with Gasteiger partial charge in [-0.15, -0.1) is 0 Å². The molecule has 0 aliphatic heterocycles. The lowest BCUT2D eigenvalue weighted by molar-refractivity contribution is 0.102. The molecule has 0 saturated carbocycles. The van der Waals surface area contributed by atoms with Gasteiger partial charge in [0.15, 0.2) is 5.13 Å². The number of fused-ring (bicyclic) bond motifs is 1. The number of anilines is 1. The van der Waals surface area contributed by atoms with Crippen LogP contribution >= 0.6 is 23.1 Å². The standard InChI is InChI=1S/C16H13FN2OS2/c1-21-9-10-3-2-4-11(7-10)15(20)19-16-18-13-6-5-12(17)8-14(13)22-16/h2-8H,9H2,1H3,(H,18,19,20). The van der Waals surface area contributed by atoms with Gasteiger partial charge in [0.2, 0.25) is 0 Å². The molecule has 3 nitrogen and oxygen atoms in total. The van der Waals surface area contributed by atoms with Crippen LogP contribution in [0.4, 0.5) is 9.52 Å². The molecule has 0 bridgehead atoms. The highest BCUT2D eigenvalue weighted by Crippen LogP contribution is 2.26. The number of carbonyl (C=O) groups is 1. The number of nitrogens with one attached hydrogen (secondary N) is 1. The van der Waals surface area contributed by atoms with Gasteiger partial charge in [-0.2, -0.15) is 11.8 Å². The normalized spacial score (nSPS) is 10.8. The summed E-state index contributed by atoms with van der Waals surface area (Å²) in [6, 6.07) is 11.9. The van der Waals surface area contributed by atoms with Gasteiger partial charge in [0.1, 0.15) is 5.82 Å². The monoisotopic (exact) mass is 332 g/mol. The number of thiazole rings is 1. The fraction of sp³-hybridized carbons (Fsp3) is 0.125. The van der Waals surface area contributed by atoms with Crippen LogP contribution in [0.15, 0.2) is 42.5 Å². The molecule has 0 aliphatic rings. The maximum absolute atomic E-state index is 13.2. The van der Waals surface area contributed by atoms with E-state index in [9.17, 15) is 9.18 Å². The van der Waals surface area contributed by atoms with Crippen molar-refractivity contribution < 1.29 is 9.18 Å². The van der Waals surface area contributed by atoms with Crippen molar-refractivity contribution in [1.82, 2.24) is 4.98 Å². The van der Waals surface area contributed by atoms with Crippen LogP contribution in [0.1, 0.15) is 15.9 Å².